The van der Waals surface area contributed by atoms with Crippen LogP contribution >= 0.6 is 11.8 Å². The zero-order valence-corrected chi connectivity index (χ0v) is 17.1. The Labute approximate surface area is 170 Å². The van der Waals surface area contributed by atoms with Gasteiger partial charge in [0.2, 0.25) is 0 Å². The molecule has 2 aromatic rings. The van der Waals surface area contributed by atoms with Crippen molar-refractivity contribution in [2.45, 2.75) is 31.3 Å². The fraction of sp³-hybridized carbons (Fsp3) is 0.421. The minimum atomic E-state index is -0.424. The number of piperidine rings is 1. The van der Waals surface area contributed by atoms with Crippen molar-refractivity contribution in [1.82, 2.24) is 9.97 Å². The van der Waals surface area contributed by atoms with Gasteiger partial charge in [-0.25, -0.2) is 14.8 Å². The maximum Gasteiger partial charge on any atom is 0.343 e. The smallest absolute Gasteiger partial charge is 0.343 e. The van der Waals surface area contributed by atoms with Crippen molar-refractivity contribution in [2.75, 3.05) is 36.2 Å². The first-order chi connectivity index (χ1) is 12.7. The standard InChI is InChI=1S/C19H24N4O2S.ClH/c1-3-25-18(24)16-13-20-19(26-2)22-17(16)21-14-7-9-15(10-8-14)23-11-5-4-6-12-23;/h7-10,13H,3-6,11-12H2,1-2H3,(H,20,21,22);1H/p-1. The third kappa shape index (κ3) is 5.49. The number of thioether (sulfide) groups is 1. The number of anilines is 3. The molecule has 0 spiro atoms. The van der Waals surface area contributed by atoms with E-state index in [1.165, 1.54) is 42.9 Å². The van der Waals surface area contributed by atoms with Crippen LogP contribution in [0.25, 0.3) is 0 Å². The van der Waals surface area contributed by atoms with Gasteiger partial charge in [0, 0.05) is 30.7 Å². The van der Waals surface area contributed by atoms with E-state index in [0.717, 1.165) is 18.8 Å². The van der Waals surface area contributed by atoms with Gasteiger partial charge in [-0.05, 0) is 56.7 Å². The number of nitrogens with one attached hydrogen (secondary N) is 1. The summed E-state index contributed by atoms with van der Waals surface area (Å²) < 4.78 is 5.11. The van der Waals surface area contributed by atoms with Crippen molar-refractivity contribution in [1.29, 1.82) is 0 Å². The molecule has 0 amide bonds. The van der Waals surface area contributed by atoms with Gasteiger partial charge in [0.05, 0.1) is 6.61 Å². The van der Waals surface area contributed by atoms with Crippen molar-refractivity contribution < 1.29 is 21.9 Å². The molecule has 0 bridgehead atoms. The van der Waals surface area contributed by atoms with E-state index in [1.807, 2.05) is 18.4 Å². The van der Waals surface area contributed by atoms with E-state index in [-0.39, 0.29) is 12.4 Å². The average molecular weight is 408 g/mol. The summed E-state index contributed by atoms with van der Waals surface area (Å²) in [6.45, 7) is 4.32. The fourth-order valence-corrected chi connectivity index (χ4v) is 3.30. The van der Waals surface area contributed by atoms with Gasteiger partial charge < -0.3 is 27.4 Å². The van der Waals surface area contributed by atoms with Crippen LogP contribution in [0, 0.1) is 0 Å². The van der Waals surface area contributed by atoms with Crippen molar-refractivity contribution in [3.63, 3.8) is 0 Å². The molecule has 6 nitrogen and oxygen atoms in total. The highest BCUT2D eigenvalue weighted by molar-refractivity contribution is 7.98. The van der Waals surface area contributed by atoms with Gasteiger partial charge in [-0.1, -0.05) is 11.8 Å². The number of halogens is 1. The number of aromatic nitrogens is 2. The largest absolute Gasteiger partial charge is 1.00 e. The Kier molecular flexibility index (Phi) is 8.19. The lowest BCUT2D eigenvalue weighted by molar-refractivity contribution is -0.0000237. The predicted molar refractivity (Wildman–Crippen MR) is 106 cm³/mol. The Bertz CT molecular complexity index is 752. The molecule has 27 heavy (non-hydrogen) atoms. The normalized spacial score (nSPS) is 13.6. The molecular weight excluding hydrogens is 384 g/mol. The Morgan fingerprint density at radius 2 is 1.93 bits per heavy atom. The number of ether oxygens (including phenoxy) is 1. The molecule has 1 fully saturated rings. The maximum absolute atomic E-state index is 12.2. The highest BCUT2D eigenvalue weighted by atomic mass is 35.5. The van der Waals surface area contributed by atoms with E-state index in [0.29, 0.717) is 23.1 Å². The summed E-state index contributed by atoms with van der Waals surface area (Å²) in [4.78, 5) is 23.2. The van der Waals surface area contributed by atoms with E-state index >= 15 is 0 Å². The molecule has 146 valence electrons. The molecule has 1 aromatic carbocycles. The summed E-state index contributed by atoms with van der Waals surface area (Å²) in [6, 6.07) is 8.24. The topological polar surface area (TPSA) is 67.3 Å². The second-order valence-corrected chi connectivity index (χ2v) is 6.83. The first kappa shape index (κ1) is 21.3. The Hall–Kier alpha value is -1.99. The van der Waals surface area contributed by atoms with Crippen molar-refractivity contribution in [3.05, 3.63) is 36.0 Å². The van der Waals surface area contributed by atoms with E-state index < -0.39 is 5.97 Å². The summed E-state index contributed by atoms with van der Waals surface area (Å²) in [5.74, 6) is 0.0427. The highest BCUT2D eigenvalue weighted by Gasteiger charge is 2.16. The molecule has 1 aromatic heterocycles. The Balaban J connectivity index is 0.00000261. The van der Waals surface area contributed by atoms with Gasteiger partial charge in [0.15, 0.2) is 5.16 Å². The molecule has 8 heteroatoms. The first-order valence-electron chi connectivity index (χ1n) is 8.91. The van der Waals surface area contributed by atoms with Crippen molar-refractivity contribution in [2.24, 2.45) is 0 Å². The summed E-state index contributed by atoms with van der Waals surface area (Å²) in [5.41, 5.74) is 2.44. The SMILES string of the molecule is CCOC(=O)c1cnc(SC)nc1Nc1ccc(N2CCCCC2)cc1.[Cl-]. The third-order valence-electron chi connectivity index (χ3n) is 4.30. The lowest BCUT2D eigenvalue weighted by Gasteiger charge is -2.28. The number of nitrogens with zero attached hydrogens (tertiary/aromatic N) is 3. The highest BCUT2D eigenvalue weighted by Crippen LogP contribution is 2.25. The molecule has 3 rings (SSSR count). The van der Waals surface area contributed by atoms with Gasteiger partial charge in [0.25, 0.3) is 0 Å². The molecule has 0 saturated carbocycles. The van der Waals surface area contributed by atoms with Crippen LogP contribution in [0.3, 0.4) is 0 Å². The van der Waals surface area contributed by atoms with Crippen LogP contribution in [0.15, 0.2) is 35.6 Å². The summed E-state index contributed by atoms with van der Waals surface area (Å²) in [7, 11) is 0. The molecule has 2 heterocycles. The van der Waals surface area contributed by atoms with Crippen LogP contribution in [-0.4, -0.2) is 41.9 Å². The molecule has 0 radical (unpaired) electrons. The monoisotopic (exact) mass is 407 g/mol. The Morgan fingerprint density at radius 3 is 2.56 bits per heavy atom. The van der Waals surface area contributed by atoms with Gasteiger partial charge >= 0.3 is 5.97 Å². The van der Waals surface area contributed by atoms with E-state index in [4.69, 9.17) is 4.74 Å². The van der Waals surface area contributed by atoms with Crippen LogP contribution in [0.1, 0.15) is 36.5 Å². The van der Waals surface area contributed by atoms with Gasteiger partial charge in [0.1, 0.15) is 11.4 Å². The molecule has 1 aliphatic heterocycles. The molecule has 0 aliphatic carbocycles. The molecular formula is C19H24ClN4O2S-. The van der Waals surface area contributed by atoms with E-state index in [9.17, 15) is 4.79 Å². The third-order valence-corrected chi connectivity index (χ3v) is 4.86. The van der Waals surface area contributed by atoms with Crippen molar-refractivity contribution in [3.8, 4) is 0 Å². The van der Waals surface area contributed by atoms with Crippen LogP contribution in [0.5, 0.6) is 0 Å². The quantitative estimate of drug-likeness (QED) is 0.437. The van der Waals surface area contributed by atoms with Crippen LogP contribution < -0.4 is 22.6 Å². The zero-order valence-electron chi connectivity index (χ0n) is 15.6. The summed E-state index contributed by atoms with van der Waals surface area (Å²) in [6.07, 6.45) is 7.23. The average Bonchev–Trinajstić information content (AvgIpc) is 2.69. The number of benzene rings is 1. The minimum Gasteiger partial charge on any atom is -1.00 e. The second kappa shape index (κ2) is 10.4. The summed E-state index contributed by atoms with van der Waals surface area (Å²) in [5, 5.41) is 3.84. The number of carbonyl (C=O) groups excluding carboxylic acids is 1. The number of rotatable bonds is 6. The van der Waals surface area contributed by atoms with Gasteiger partial charge in [-0.15, -0.1) is 0 Å². The maximum atomic E-state index is 12.2. The molecule has 1 saturated heterocycles. The zero-order chi connectivity index (χ0) is 18.4. The van der Waals surface area contributed by atoms with Crippen molar-refractivity contribution >= 4 is 34.9 Å². The minimum absolute atomic E-state index is 0. The molecule has 1 aliphatic rings. The number of hydrogen-bond acceptors (Lipinski definition) is 7. The Morgan fingerprint density at radius 1 is 1.22 bits per heavy atom. The predicted octanol–water partition coefficient (Wildman–Crippen LogP) is 1.11. The number of hydrogen-bond donors (Lipinski definition) is 1. The van der Waals surface area contributed by atoms with Crippen LogP contribution in [0.2, 0.25) is 0 Å². The van der Waals surface area contributed by atoms with Gasteiger partial charge in [-0.2, -0.15) is 0 Å². The number of esters is 1. The summed E-state index contributed by atoms with van der Waals surface area (Å²) >= 11 is 1.43. The molecule has 0 atom stereocenters. The lowest BCUT2D eigenvalue weighted by atomic mass is 10.1. The second-order valence-electron chi connectivity index (χ2n) is 6.06. The molecule has 1 N–H and O–H groups in total. The van der Waals surface area contributed by atoms with E-state index in [1.54, 1.807) is 6.92 Å². The molecule has 0 unspecified atom stereocenters. The lowest BCUT2D eigenvalue weighted by Crippen LogP contribution is -3.00. The number of carbonyl (C=O) groups is 1. The first-order valence-corrected chi connectivity index (χ1v) is 10.1. The fourth-order valence-electron chi connectivity index (χ4n) is 2.96. The van der Waals surface area contributed by atoms with Crippen LogP contribution in [-0.2, 0) is 4.74 Å². The van der Waals surface area contributed by atoms with Crippen LogP contribution in [0.4, 0.5) is 17.2 Å². The van der Waals surface area contributed by atoms with E-state index in [2.05, 4.69) is 32.3 Å². The van der Waals surface area contributed by atoms with Gasteiger partial charge in [-0.3, -0.25) is 0 Å².